The molecule has 0 saturated heterocycles. The molecule has 0 nitrogen and oxygen atoms in total. The zero-order valence-electron chi connectivity index (χ0n) is 10.5. The number of rotatable bonds is 4. The van der Waals surface area contributed by atoms with Crippen molar-refractivity contribution in [1.82, 2.24) is 0 Å². The van der Waals surface area contributed by atoms with E-state index in [1.54, 1.807) is 0 Å². The Labute approximate surface area is 113 Å². The van der Waals surface area contributed by atoms with Gasteiger partial charge in [-0.3, -0.25) is 0 Å². The molecule has 0 radical (unpaired) electrons. The standard InChI is InChI=1S/C15H21ClS/c1-2-13-5-6-15(17-13)14(16)9-12-8-10-3-4-11(12)7-10/h5-6,10-12,14H,2-4,7-9H2,1H3. The van der Waals surface area contributed by atoms with E-state index < -0.39 is 0 Å². The summed E-state index contributed by atoms with van der Waals surface area (Å²) >= 11 is 8.52. The van der Waals surface area contributed by atoms with Crippen LogP contribution >= 0.6 is 22.9 Å². The summed E-state index contributed by atoms with van der Waals surface area (Å²) in [5.41, 5.74) is 0. The maximum atomic E-state index is 6.60. The fourth-order valence-electron chi connectivity index (χ4n) is 3.80. The molecule has 1 aromatic heterocycles. The van der Waals surface area contributed by atoms with E-state index in [9.17, 15) is 0 Å². The van der Waals surface area contributed by atoms with Gasteiger partial charge >= 0.3 is 0 Å². The fraction of sp³-hybridized carbons (Fsp3) is 0.733. The molecule has 0 aliphatic heterocycles. The third-order valence-electron chi connectivity index (χ3n) is 4.73. The summed E-state index contributed by atoms with van der Waals surface area (Å²) in [4.78, 5) is 2.87. The SMILES string of the molecule is CCc1ccc(C(Cl)CC2CC3CCC2C3)s1. The fourth-order valence-corrected chi connectivity index (χ4v) is 5.18. The maximum Gasteiger partial charge on any atom is 0.0681 e. The van der Waals surface area contributed by atoms with Crippen molar-refractivity contribution in [2.24, 2.45) is 17.8 Å². The lowest BCUT2D eigenvalue weighted by Crippen LogP contribution is -2.12. The molecule has 2 aliphatic carbocycles. The normalized spacial score (nSPS) is 33.2. The molecule has 17 heavy (non-hydrogen) atoms. The van der Waals surface area contributed by atoms with Crippen LogP contribution in [-0.2, 0) is 6.42 Å². The molecular weight excluding hydrogens is 248 g/mol. The van der Waals surface area contributed by atoms with Crippen LogP contribution in [-0.4, -0.2) is 0 Å². The summed E-state index contributed by atoms with van der Waals surface area (Å²) in [6, 6.07) is 4.49. The zero-order chi connectivity index (χ0) is 11.8. The smallest absolute Gasteiger partial charge is 0.0681 e. The van der Waals surface area contributed by atoms with Crippen LogP contribution in [0.1, 0.15) is 54.2 Å². The second kappa shape index (κ2) is 4.93. The maximum absolute atomic E-state index is 6.60. The number of fused-ring (bicyclic) bond motifs is 2. The lowest BCUT2D eigenvalue weighted by atomic mass is 9.85. The van der Waals surface area contributed by atoms with E-state index in [0.717, 1.165) is 24.2 Å². The van der Waals surface area contributed by atoms with Crippen LogP contribution in [0.25, 0.3) is 0 Å². The predicted molar refractivity (Wildman–Crippen MR) is 75.8 cm³/mol. The lowest BCUT2D eigenvalue weighted by molar-refractivity contribution is 0.312. The van der Waals surface area contributed by atoms with E-state index in [4.69, 9.17) is 11.6 Å². The molecule has 94 valence electrons. The van der Waals surface area contributed by atoms with Crippen molar-refractivity contribution >= 4 is 22.9 Å². The monoisotopic (exact) mass is 268 g/mol. The minimum atomic E-state index is 0.268. The number of hydrogen-bond acceptors (Lipinski definition) is 1. The highest BCUT2D eigenvalue weighted by Gasteiger charge is 2.40. The van der Waals surface area contributed by atoms with Gasteiger partial charge in [-0.2, -0.15) is 0 Å². The quantitative estimate of drug-likeness (QED) is 0.640. The van der Waals surface area contributed by atoms with Gasteiger partial charge in [-0.1, -0.05) is 13.3 Å². The molecular formula is C15H21ClS. The van der Waals surface area contributed by atoms with Gasteiger partial charge in [-0.15, -0.1) is 22.9 Å². The van der Waals surface area contributed by atoms with Gasteiger partial charge in [0.25, 0.3) is 0 Å². The highest BCUT2D eigenvalue weighted by atomic mass is 35.5. The van der Waals surface area contributed by atoms with Crippen LogP contribution in [0.5, 0.6) is 0 Å². The van der Waals surface area contributed by atoms with Gasteiger partial charge in [0.1, 0.15) is 0 Å². The molecule has 4 atom stereocenters. The minimum absolute atomic E-state index is 0.268. The van der Waals surface area contributed by atoms with Gasteiger partial charge in [0.15, 0.2) is 0 Å². The van der Waals surface area contributed by atoms with Crippen LogP contribution in [0.4, 0.5) is 0 Å². The number of hydrogen-bond donors (Lipinski definition) is 0. The largest absolute Gasteiger partial charge is 0.144 e. The van der Waals surface area contributed by atoms with E-state index in [-0.39, 0.29) is 5.38 Å². The summed E-state index contributed by atoms with van der Waals surface area (Å²) in [7, 11) is 0. The van der Waals surface area contributed by atoms with Crippen molar-refractivity contribution < 1.29 is 0 Å². The first kappa shape index (κ1) is 12.0. The van der Waals surface area contributed by atoms with E-state index in [1.807, 2.05) is 11.3 Å². The Bertz CT molecular complexity index is 384. The van der Waals surface area contributed by atoms with E-state index in [1.165, 1.54) is 41.9 Å². The summed E-state index contributed by atoms with van der Waals surface area (Å²) in [5, 5.41) is 0.268. The van der Waals surface area contributed by atoms with Gasteiger partial charge < -0.3 is 0 Å². The van der Waals surface area contributed by atoms with Crippen LogP contribution in [0.3, 0.4) is 0 Å². The number of aryl methyl sites for hydroxylation is 1. The molecule has 4 unspecified atom stereocenters. The van der Waals surface area contributed by atoms with E-state index >= 15 is 0 Å². The molecule has 1 aromatic rings. The Hall–Kier alpha value is -0.0100. The molecule has 1 heterocycles. The van der Waals surface area contributed by atoms with Gasteiger partial charge in [0, 0.05) is 9.75 Å². The lowest BCUT2D eigenvalue weighted by Gasteiger charge is -2.23. The first-order valence-corrected chi connectivity index (χ1v) is 8.24. The Kier molecular flexibility index (Phi) is 3.49. The van der Waals surface area contributed by atoms with Crippen LogP contribution in [0.2, 0.25) is 0 Å². The Morgan fingerprint density at radius 1 is 1.35 bits per heavy atom. The second-order valence-electron chi connectivity index (χ2n) is 5.80. The second-order valence-corrected chi connectivity index (χ2v) is 7.52. The van der Waals surface area contributed by atoms with Gasteiger partial charge in [-0.05, 0) is 62.0 Å². The molecule has 2 saturated carbocycles. The average molecular weight is 269 g/mol. The van der Waals surface area contributed by atoms with Gasteiger partial charge in [0.2, 0.25) is 0 Å². The molecule has 3 rings (SSSR count). The summed E-state index contributed by atoms with van der Waals surface area (Å²) < 4.78 is 0. The molecule has 0 aromatic carbocycles. The van der Waals surface area contributed by atoms with Crippen LogP contribution in [0.15, 0.2) is 12.1 Å². The van der Waals surface area contributed by atoms with E-state index in [2.05, 4.69) is 19.1 Å². The highest BCUT2D eigenvalue weighted by molar-refractivity contribution is 7.12. The molecule has 2 bridgehead atoms. The summed E-state index contributed by atoms with van der Waals surface area (Å²) in [6.45, 7) is 2.22. The molecule has 0 N–H and O–H groups in total. The van der Waals surface area contributed by atoms with Crippen LogP contribution < -0.4 is 0 Å². The van der Waals surface area contributed by atoms with E-state index in [0.29, 0.717) is 0 Å². The molecule has 2 heteroatoms. The van der Waals surface area contributed by atoms with Crippen molar-refractivity contribution in [2.75, 3.05) is 0 Å². The summed E-state index contributed by atoms with van der Waals surface area (Å²) in [6.07, 6.45) is 8.28. The van der Waals surface area contributed by atoms with Crippen molar-refractivity contribution in [3.05, 3.63) is 21.9 Å². The van der Waals surface area contributed by atoms with Gasteiger partial charge in [0.05, 0.1) is 5.38 Å². The number of thiophene rings is 1. The Morgan fingerprint density at radius 2 is 2.24 bits per heavy atom. The number of alkyl halides is 1. The van der Waals surface area contributed by atoms with Crippen LogP contribution in [0, 0.1) is 17.8 Å². The third-order valence-corrected chi connectivity index (χ3v) is 6.62. The first-order valence-electron chi connectivity index (χ1n) is 6.99. The molecule has 2 aliphatic rings. The predicted octanol–water partition coefficient (Wildman–Crippen LogP) is 5.42. The Balaban J connectivity index is 1.61. The van der Waals surface area contributed by atoms with Crippen molar-refractivity contribution in [1.29, 1.82) is 0 Å². The minimum Gasteiger partial charge on any atom is -0.144 e. The molecule has 0 spiro atoms. The van der Waals surface area contributed by atoms with Crippen molar-refractivity contribution in [2.45, 2.75) is 50.8 Å². The molecule has 0 amide bonds. The van der Waals surface area contributed by atoms with Crippen molar-refractivity contribution in [3.8, 4) is 0 Å². The Morgan fingerprint density at radius 3 is 2.82 bits per heavy atom. The summed E-state index contributed by atoms with van der Waals surface area (Å²) in [5.74, 6) is 2.97. The zero-order valence-corrected chi connectivity index (χ0v) is 12.1. The first-order chi connectivity index (χ1) is 8.26. The average Bonchev–Trinajstić information content (AvgIpc) is 3.04. The van der Waals surface area contributed by atoms with Gasteiger partial charge in [-0.25, -0.2) is 0 Å². The van der Waals surface area contributed by atoms with Crippen molar-refractivity contribution in [3.63, 3.8) is 0 Å². The number of halogens is 1. The molecule has 2 fully saturated rings. The third kappa shape index (κ3) is 2.42. The highest BCUT2D eigenvalue weighted by Crippen LogP contribution is 2.52. The topological polar surface area (TPSA) is 0 Å².